The van der Waals surface area contributed by atoms with Gasteiger partial charge in [0.1, 0.15) is 17.5 Å². The minimum absolute atomic E-state index is 0.260. The molecule has 0 bridgehead atoms. The Bertz CT molecular complexity index is 1040. The number of benzene rings is 2. The molecule has 2 unspecified atom stereocenters. The van der Waals surface area contributed by atoms with E-state index in [9.17, 15) is 15.6 Å². The topological polar surface area (TPSA) is 117 Å². The second kappa shape index (κ2) is 10.1. The fourth-order valence-corrected chi connectivity index (χ4v) is 3.65. The normalized spacial score (nSPS) is 19.3. The molecule has 1 aliphatic rings. The number of aliphatic hydroxyl groups excluding tert-OH is 1. The third-order valence-electron chi connectivity index (χ3n) is 5.39. The number of fused-ring (bicyclic) bond motifs is 1. The van der Waals surface area contributed by atoms with Crippen molar-refractivity contribution in [2.75, 3.05) is 20.1 Å². The zero-order valence-corrected chi connectivity index (χ0v) is 18.5. The number of guanidine groups is 1. The maximum atomic E-state index is 11.0. The Hall–Kier alpha value is -3.59. The lowest BCUT2D eigenvalue weighted by Crippen LogP contribution is -2.54. The number of nitrogens with one attached hydrogen (secondary N) is 2. The van der Waals surface area contributed by atoms with Crippen LogP contribution in [0.3, 0.4) is 0 Å². The van der Waals surface area contributed by atoms with E-state index in [1.165, 1.54) is 5.56 Å². The third kappa shape index (κ3) is 5.55. The summed E-state index contributed by atoms with van der Waals surface area (Å²) in [7, 11) is 2.01. The molecule has 2 aromatic rings. The highest BCUT2D eigenvalue weighted by Crippen LogP contribution is 2.40. The summed E-state index contributed by atoms with van der Waals surface area (Å²) in [5.74, 6) is 0.839. The Morgan fingerprint density at radius 2 is 1.97 bits per heavy atom. The van der Waals surface area contributed by atoms with Gasteiger partial charge in [0.25, 0.3) is 0 Å². The van der Waals surface area contributed by atoms with Gasteiger partial charge in [-0.1, -0.05) is 30.3 Å². The zero-order chi connectivity index (χ0) is 23.1. The molecule has 2 atom stereocenters. The van der Waals surface area contributed by atoms with Gasteiger partial charge in [0.05, 0.1) is 24.2 Å². The van der Waals surface area contributed by atoms with Gasteiger partial charge >= 0.3 is 0 Å². The van der Waals surface area contributed by atoms with Crippen molar-refractivity contribution in [1.29, 1.82) is 10.5 Å². The molecule has 3 N–H and O–H groups in total. The van der Waals surface area contributed by atoms with Crippen molar-refractivity contribution in [2.24, 2.45) is 4.99 Å². The SMILES string of the molecule is CN(CCN=C(NC#N)NC1c2cc(C#N)ccc2OC(C)(C)C1O)Cc1ccccc1. The van der Waals surface area contributed by atoms with Crippen molar-refractivity contribution in [3.05, 3.63) is 65.2 Å². The van der Waals surface area contributed by atoms with Gasteiger partial charge in [0.15, 0.2) is 6.19 Å². The van der Waals surface area contributed by atoms with Crippen LogP contribution in [0.2, 0.25) is 0 Å². The number of aliphatic imine (C=N–C) groups is 1. The second-order valence-electron chi connectivity index (χ2n) is 8.33. The quantitative estimate of drug-likeness (QED) is 0.277. The van der Waals surface area contributed by atoms with Crippen LogP contribution in [0.15, 0.2) is 53.5 Å². The molecule has 0 radical (unpaired) electrons. The number of nitriles is 2. The summed E-state index contributed by atoms with van der Waals surface area (Å²) in [6.45, 7) is 5.52. The van der Waals surface area contributed by atoms with Crippen molar-refractivity contribution in [1.82, 2.24) is 15.5 Å². The molecule has 166 valence electrons. The summed E-state index contributed by atoms with van der Waals surface area (Å²) >= 11 is 0. The Kier molecular flexibility index (Phi) is 7.32. The summed E-state index contributed by atoms with van der Waals surface area (Å²) in [4.78, 5) is 6.64. The highest BCUT2D eigenvalue weighted by Gasteiger charge is 2.43. The number of aliphatic hydroxyl groups is 1. The first-order valence-electron chi connectivity index (χ1n) is 10.4. The van der Waals surface area contributed by atoms with E-state index in [1.807, 2.05) is 31.4 Å². The van der Waals surface area contributed by atoms with E-state index >= 15 is 0 Å². The van der Waals surface area contributed by atoms with Crippen LogP contribution in [-0.2, 0) is 6.54 Å². The lowest BCUT2D eigenvalue weighted by atomic mass is 9.86. The molecule has 1 aliphatic heterocycles. The first-order chi connectivity index (χ1) is 15.3. The molecule has 0 spiro atoms. The standard InChI is InChI=1S/C24H28N6O2/c1-24(2)22(31)21(19-13-18(14-25)9-10-20(19)32-24)29-23(28-16-26)27-11-12-30(3)15-17-7-5-4-6-8-17/h4-10,13,21-22,31H,11-12,15H2,1-3H3,(H2,27,28,29). The van der Waals surface area contributed by atoms with Crippen molar-refractivity contribution < 1.29 is 9.84 Å². The molecule has 0 aliphatic carbocycles. The van der Waals surface area contributed by atoms with Gasteiger partial charge in [-0.25, -0.2) is 0 Å². The lowest BCUT2D eigenvalue weighted by molar-refractivity contribution is -0.0611. The molecule has 0 aromatic heterocycles. The second-order valence-corrected chi connectivity index (χ2v) is 8.33. The molecule has 0 fully saturated rings. The fraction of sp³-hybridized carbons (Fsp3) is 0.375. The Morgan fingerprint density at radius 3 is 2.66 bits per heavy atom. The first-order valence-corrected chi connectivity index (χ1v) is 10.4. The summed E-state index contributed by atoms with van der Waals surface area (Å²) in [5, 5.41) is 35.1. The minimum atomic E-state index is -0.935. The van der Waals surface area contributed by atoms with Gasteiger partial charge in [0.2, 0.25) is 5.96 Å². The molecule has 8 nitrogen and oxygen atoms in total. The van der Waals surface area contributed by atoms with E-state index in [2.05, 4.69) is 38.7 Å². The zero-order valence-electron chi connectivity index (χ0n) is 18.5. The maximum Gasteiger partial charge on any atom is 0.205 e. The predicted molar refractivity (Wildman–Crippen MR) is 122 cm³/mol. The van der Waals surface area contributed by atoms with Crippen LogP contribution in [0.25, 0.3) is 0 Å². The van der Waals surface area contributed by atoms with Gasteiger partial charge in [-0.3, -0.25) is 10.3 Å². The van der Waals surface area contributed by atoms with Gasteiger partial charge in [-0.15, -0.1) is 0 Å². The monoisotopic (exact) mass is 432 g/mol. The molecular formula is C24H28N6O2. The van der Waals surface area contributed by atoms with Crippen molar-refractivity contribution in [2.45, 2.75) is 38.1 Å². The molecule has 32 heavy (non-hydrogen) atoms. The van der Waals surface area contributed by atoms with Crippen LogP contribution < -0.4 is 15.4 Å². The number of rotatable bonds is 6. The minimum Gasteiger partial charge on any atom is -0.485 e. The van der Waals surface area contributed by atoms with Gasteiger partial charge in [0, 0.05) is 18.7 Å². The van der Waals surface area contributed by atoms with E-state index in [0.29, 0.717) is 30.0 Å². The molecular weight excluding hydrogens is 404 g/mol. The van der Waals surface area contributed by atoms with Crippen molar-refractivity contribution in [3.63, 3.8) is 0 Å². The van der Waals surface area contributed by atoms with E-state index in [0.717, 1.165) is 6.54 Å². The average molecular weight is 433 g/mol. The molecule has 2 aromatic carbocycles. The number of likely N-dealkylation sites (N-methyl/N-ethyl adjacent to an activating group) is 1. The predicted octanol–water partition coefficient (Wildman–Crippen LogP) is 2.28. The number of hydrogen-bond acceptors (Lipinski definition) is 6. The largest absolute Gasteiger partial charge is 0.485 e. The summed E-state index contributed by atoms with van der Waals surface area (Å²) in [6.07, 6.45) is 0.960. The molecule has 0 saturated carbocycles. The van der Waals surface area contributed by atoms with E-state index in [1.54, 1.807) is 32.0 Å². The van der Waals surface area contributed by atoms with Crippen LogP contribution in [0, 0.1) is 22.8 Å². The smallest absolute Gasteiger partial charge is 0.205 e. The Morgan fingerprint density at radius 1 is 1.22 bits per heavy atom. The van der Waals surface area contributed by atoms with Gasteiger partial charge in [-0.05, 0) is 44.7 Å². The van der Waals surface area contributed by atoms with Crippen molar-refractivity contribution in [3.8, 4) is 18.0 Å². The fourth-order valence-electron chi connectivity index (χ4n) is 3.65. The van der Waals surface area contributed by atoms with Crippen molar-refractivity contribution >= 4 is 5.96 Å². The Balaban J connectivity index is 1.74. The van der Waals surface area contributed by atoms with Crippen LogP contribution in [-0.4, -0.2) is 47.8 Å². The number of nitrogens with zero attached hydrogens (tertiary/aromatic N) is 4. The van der Waals surface area contributed by atoms with E-state index < -0.39 is 17.7 Å². The highest BCUT2D eigenvalue weighted by atomic mass is 16.5. The summed E-state index contributed by atoms with van der Waals surface area (Å²) in [5.41, 5.74) is 1.45. The van der Waals surface area contributed by atoms with Crippen LogP contribution in [0.5, 0.6) is 5.75 Å². The van der Waals surface area contributed by atoms with Crippen LogP contribution >= 0.6 is 0 Å². The van der Waals surface area contributed by atoms with Crippen LogP contribution in [0.1, 0.15) is 36.6 Å². The number of ether oxygens (including phenoxy) is 1. The Labute approximate surface area is 188 Å². The molecule has 3 rings (SSSR count). The maximum absolute atomic E-state index is 11.0. The third-order valence-corrected chi connectivity index (χ3v) is 5.39. The molecule has 0 saturated heterocycles. The first kappa shape index (κ1) is 23.1. The van der Waals surface area contributed by atoms with Gasteiger partial charge < -0.3 is 20.1 Å². The molecule has 8 heteroatoms. The van der Waals surface area contributed by atoms with Crippen LogP contribution in [0.4, 0.5) is 0 Å². The van der Waals surface area contributed by atoms with E-state index in [4.69, 9.17) is 4.74 Å². The number of hydrogen-bond donors (Lipinski definition) is 3. The highest BCUT2D eigenvalue weighted by molar-refractivity contribution is 5.82. The van der Waals surface area contributed by atoms with Gasteiger partial charge in [-0.2, -0.15) is 10.5 Å². The average Bonchev–Trinajstić information content (AvgIpc) is 2.77. The lowest BCUT2D eigenvalue weighted by Gasteiger charge is -2.42. The summed E-state index contributed by atoms with van der Waals surface area (Å²) in [6, 6.07) is 16.7. The molecule has 1 heterocycles. The van der Waals surface area contributed by atoms with E-state index in [-0.39, 0.29) is 5.96 Å². The summed E-state index contributed by atoms with van der Waals surface area (Å²) < 4.78 is 5.94. The molecule has 0 amide bonds.